The number of benzene rings is 3. The van der Waals surface area contributed by atoms with E-state index in [4.69, 9.17) is 9.47 Å². The molecule has 4 rings (SSSR count). The first-order chi connectivity index (χ1) is 17.0. The van der Waals surface area contributed by atoms with Crippen LogP contribution in [-0.4, -0.2) is 40.1 Å². The number of rotatable bonds is 9. The van der Waals surface area contributed by atoms with Crippen LogP contribution < -0.4 is 14.8 Å². The molecule has 0 saturated carbocycles. The van der Waals surface area contributed by atoms with Crippen LogP contribution in [0.3, 0.4) is 0 Å². The number of carbonyl (C=O) groups is 1. The van der Waals surface area contributed by atoms with Crippen molar-refractivity contribution in [2.45, 2.75) is 30.8 Å². The minimum atomic E-state index is -0.399. The fourth-order valence-corrected chi connectivity index (χ4v) is 4.56. The van der Waals surface area contributed by atoms with Crippen molar-refractivity contribution in [3.05, 3.63) is 83.9 Å². The Hall–Kier alpha value is -3.78. The second-order valence-corrected chi connectivity index (χ2v) is 9.28. The third kappa shape index (κ3) is 5.49. The molecular formula is C27H28N4O3S. The van der Waals surface area contributed by atoms with E-state index in [0.29, 0.717) is 23.3 Å². The first-order valence-electron chi connectivity index (χ1n) is 11.2. The monoisotopic (exact) mass is 488 g/mol. The summed E-state index contributed by atoms with van der Waals surface area (Å²) in [5.74, 6) is 2.00. The zero-order chi connectivity index (χ0) is 24.8. The van der Waals surface area contributed by atoms with Crippen LogP contribution in [0.25, 0.3) is 17.1 Å². The van der Waals surface area contributed by atoms with E-state index in [2.05, 4.69) is 15.5 Å². The van der Waals surface area contributed by atoms with Crippen molar-refractivity contribution in [1.82, 2.24) is 20.1 Å². The third-order valence-corrected chi connectivity index (χ3v) is 6.61. The molecule has 0 radical (unpaired) electrons. The maximum absolute atomic E-state index is 12.9. The predicted octanol–water partition coefficient (Wildman–Crippen LogP) is 5.06. The lowest BCUT2D eigenvalue weighted by molar-refractivity contribution is -0.120. The Morgan fingerprint density at radius 2 is 1.60 bits per heavy atom. The quantitative estimate of drug-likeness (QED) is 0.332. The summed E-state index contributed by atoms with van der Waals surface area (Å²) in [6, 6.07) is 23.5. The van der Waals surface area contributed by atoms with Crippen molar-refractivity contribution in [2.75, 3.05) is 14.2 Å². The highest BCUT2D eigenvalue weighted by Crippen LogP contribution is 2.34. The number of hydrogen-bond donors (Lipinski definition) is 1. The summed E-state index contributed by atoms with van der Waals surface area (Å²) in [4.78, 5) is 12.9. The average Bonchev–Trinajstić information content (AvgIpc) is 3.30. The summed E-state index contributed by atoms with van der Waals surface area (Å²) in [6.45, 7) is 4.28. The van der Waals surface area contributed by atoms with E-state index in [9.17, 15) is 4.79 Å². The molecule has 0 spiro atoms. The Kier molecular flexibility index (Phi) is 7.72. The number of aryl methyl sites for hydroxylation is 1. The van der Waals surface area contributed by atoms with Gasteiger partial charge in [-0.3, -0.25) is 9.36 Å². The van der Waals surface area contributed by atoms with Crippen LogP contribution in [0.4, 0.5) is 0 Å². The normalized spacial score (nSPS) is 11.7. The van der Waals surface area contributed by atoms with Crippen molar-refractivity contribution in [1.29, 1.82) is 0 Å². The molecule has 1 amide bonds. The van der Waals surface area contributed by atoms with Crippen LogP contribution >= 0.6 is 11.8 Å². The van der Waals surface area contributed by atoms with E-state index in [1.165, 1.54) is 11.8 Å². The zero-order valence-electron chi connectivity index (χ0n) is 20.2. The number of nitrogens with one attached hydrogen (secondary N) is 1. The molecule has 35 heavy (non-hydrogen) atoms. The molecular weight excluding hydrogens is 460 g/mol. The number of ether oxygens (including phenoxy) is 2. The molecule has 180 valence electrons. The number of aromatic nitrogens is 3. The number of nitrogens with zero attached hydrogens (tertiary/aromatic N) is 3. The summed E-state index contributed by atoms with van der Waals surface area (Å²) in [6.07, 6.45) is 0. The van der Waals surface area contributed by atoms with Gasteiger partial charge in [0, 0.05) is 17.8 Å². The number of hydrogen-bond acceptors (Lipinski definition) is 6. The standard InChI is InChI=1S/C27H28N4O3S/c1-18-13-15-21(16-14-18)31-25(22-10-6-8-12-24(22)34-4)29-30-27(31)35-19(2)26(32)28-17-20-9-5-7-11-23(20)33-3/h5-16,19H,17H2,1-4H3,(H,28,32). The van der Waals surface area contributed by atoms with Gasteiger partial charge in [0.05, 0.1) is 25.0 Å². The van der Waals surface area contributed by atoms with Crippen molar-refractivity contribution in [3.63, 3.8) is 0 Å². The lowest BCUT2D eigenvalue weighted by Gasteiger charge is -2.15. The highest BCUT2D eigenvalue weighted by Gasteiger charge is 2.23. The van der Waals surface area contributed by atoms with Crippen LogP contribution in [0.15, 0.2) is 78.0 Å². The van der Waals surface area contributed by atoms with Gasteiger partial charge in [-0.2, -0.15) is 0 Å². The van der Waals surface area contributed by atoms with Gasteiger partial charge in [0.2, 0.25) is 5.91 Å². The molecule has 7 nitrogen and oxygen atoms in total. The molecule has 4 aromatic rings. The maximum atomic E-state index is 12.9. The van der Waals surface area contributed by atoms with Gasteiger partial charge in [-0.1, -0.05) is 59.8 Å². The summed E-state index contributed by atoms with van der Waals surface area (Å²) < 4.78 is 12.9. The zero-order valence-corrected chi connectivity index (χ0v) is 21.0. The second-order valence-electron chi connectivity index (χ2n) is 7.97. The topological polar surface area (TPSA) is 78.3 Å². The predicted molar refractivity (Wildman–Crippen MR) is 138 cm³/mol. The Balaban J connectivity index is 1.61. The highest BCUT2D eigenvalue weighted by atomic mass is 32.2. The minimum Gasteiger partial charge on any atom is -0.496 e. The molecule has 1 aromatic heterocycles. The largest absolute Gasteiger partial charge is 0.496 e. The third-order valence-electron chi connectivity index (χ3n) is 5.57. The average molecular weight is 489 g/mol. The van der Waals surface area contributed by atoms with Crippen molar-refractivity contribution in [2.24, 2.45) is 0 Å². The van der Waals surface area contributed by atoms with Gasteiger partial charge in [-0.25, -0.2) is 0 Å². The van der Waals surface area contributed by atoms with E-state index in [-0.39, 0.29) is 5.91 Å². The van der Waals surface area contributed by atoms with Gasteiger partial charge >= 0.3 is 0 Å². The Labute approximate surface area is 209 Å². The van der Waals surface area contributed by atoms with Crippen LogP contribution in [0, 0.1) is 6.92 Å². The van der Waals surface area contributed by atoms with E-state index in [0.717, 1.165) is 28.1 Å². The van der Waals surface area contributed by atoms with Crippen LogP contribution in [0.5, 0.6) is 11.5 Å². The molecule has 1 heterocycles. The maximum Gasteiger partial charge on any atom is 0.233 e. The summed E-state index contributed by atoms with van der Waals surface area (Å²) in [5.41, 5.74) is 3.80. The first-order valence-corrected chi connectivity index (χ1v) is 12.1. The van der Waals surface area contributed by atoms with E-state index in [1.807, 2.05) is 91.2 Å². The van der Waals surface area contributed by atoms with Crippen molar-refractivity contribution in [3.8, 4) is 28.6 Å². The molecule has 8 heteroatoms. The van der Waals surface area contributed by atoms with Gasteiger partial charge in [0.15, 0.2) is 11.0 Å². The summed E-state index contributed by atoms with van der Waals surface area (Å²) >= 11 is 1.36. The molecule has 1 unspecified atom stereocenters. The first kappa shape index (κ1) is 24.3. The Morgan fingerprint density at radius 1 is 0.943 bits per heavy atom. The van der Waals surface area contributed by atoms with Crippen LogP contribution in [0.1, 0.15) is 18.1 Å². The fourth-order valence-electron chi connectivity index (χ4n) is 3.66. The number of para-hydroxylation sites is 2. The summed E-state index contributed by atoms with van der Waals surface area (Å²) in [5, 5.41) is 12.2. The second kappa shape index (κ2) is 11.1. The number of methoxy groups -OCH3 is 2. The van der Waals surface area contributed by atoms with Crippen molar-refractivity contribution >= 4 is 17.7 Å². The molecule has 0 aliphatic carbocycles. The van der Waals surface area contributed by atoms with Crippen molar-refractivity contribution < 1.29 is 14.3 Å². The van der Waals surface area contributed by atoms with Gasteiger partial charge in [0.25, 0.3) is 0 Å². The van der Waals surface area contributed by atoms with Crippen LogP contribution in [-0.2, 0) is 11.3 Å². The van der Waals surface area contributed by atoms with E-state index >= 15 is 0 Å². The molecule has 1 atom stereocenters. The Bertz CT molecular complexity index is 1300. The number of carbonyl (C=O) groups excluding carboxylic acids is 1. The molecule has 0 fully saturated rings. The fraction of sp³-hybridized carbons (Fsp3) is 0.222. The van der Waals surface area contributed by atoms with Gasteiger partial charge in [0.1, 0.15) is 11.5 Å². The highest BCUT2D eigenvalue weighted by molar-refractivity contribution is 8.00. The molecule has 0 bridgehead atoms. The number of thioether (sulfide) groups is 1. The van der Waals surface area contributed by atoms with Gasteiger partial charge in [-0.05, 0) is 44.2 Å². The molecule has 0 aliphatic heterocycles. The molecule has 3 aromatic carbocycles. The SMILES string of the molecule is COc1ccccc1CNC(=O)C(C)Sc1nnc(-c2ccccc2OC)n1-c1ccc(C)cc1. The van der Waals surface area contributed by atoms with Crippen LogP contribution in [0.2, 0.25) is 0 Å². The molecule has 0 aliphatic rings. The molecule has 1 N–H and O–H groups in total. The van der Waals surface area contributed by atoms with E-state index in [1.54, 1.807) is 14.2 Å². The lowest BCUT2D eigenvalue weighted by atomic mass is 10.1. The molecule has 0 saturated heterocycles. The summed E-state index contributed by atoms with van der Waals surface area (Å²) in [7, 11) is 3.26. The van der Waals surface area contributed by atoms with E-state index < -0.39 is 5.25 Å². The smallest absolute Gasteiger partial charge is 0.233 e. The van der Waals surface area contributed by atoms with Gasteiger partial charge in [-0.15, -0.1) is 10.2 Å². The lowest BCUT2D eigenvalue weighted by Crippen LogP contribution is -2.30. The Morgan fingerprint density at radius 3 is 2.31 bits per heavy atom. The minimum absolute atomic E-state index is 0.0989. The van der Waals surface area contributed by atoms with Gasteiger partial charge < -0.3 is 14.8 Å². The number of amides is 1.